The van der Waals surface area contributed by atoms with Gasteiger partial charge in [-0.2, -0.15) is 0 Å². The van der Waals surface area contributed by atoms with Crippen molar-refractivity contribution in [1.29, 1.82) is 0 Å². The zero-order valence-corrected chi connectivity index (χ0v) is 9.44. The first kappa shape index (κ1) is 11.4. The maximum absolute atomic E-state index is 11.6. The Hall–Kier alpha value is 0.370. The van der Waals surface area contributed by atoms with Crippen molar-refractivity contribution in [3.8, 4) is 0 Å². The topological polar surface area (TPSA) is 17.1 Å². The summed E-state index contributed by atoms with van der Waals surface area (Å²) in [5.41, 5.74) is -0.198. The van der Waals surface area contributed by atoms with Gasteiger partial charge in [-0.05, 0) is 12.5 Å². The Bertz CT molecular complexity index is 134. The first-order valence-electron chi connectivity index (χ1n) is 3.53. The van der Waals surface area contributed by atoms with E-state index in [0.29, 0.717) is 5.78 Å². The highest BCUT2D eigenvalue weighted by atomic mass is 32.2. The van der Waals surface area contributed by atoms with Gasteiger partial charge in [0.05, 0.1) is 0 Å². The molecule has 0 radical (unpaired) electrons. The molecule has 11 heavy (non-hydrogen) atoms. The SMILES string of the molecule is CSC(SC)C(=O)C(C)(C)C. The van der Waals surface area contributed by atoms with E-state index in [1.807, 2.05) is 33.3 Å². The van der Waals surface area contributed by atoms with Gasteiger partial charge in [0.2, 0.25) is 0 Å². The molecule has 0 aliphatic carbocycles. The van der Waals surface area contributed by atoms with Crippen molar-refractivity contribution in [2.45, 2.75) is 25.4 Å². The van der Waals surface area contributed by atoms with Crippen molar-refractivity contribution >= 4 is 29.3 Å². The number of carbonyl (C=O) groups is 1. The average Bonchev–Trinajstić information content (AvgIpc) is 1.88. The van der Waals surface area contributed by atoms with Crippen LogP contribution in [-0.2, 0) is 4.79 Å². The normalized spacial score (nSPS) is 12.2. The van der Waals surface area contributed by atoms with Crippen molar-refractivity contribution in [3.05, 3.63) is 0 Å². The van der Waals surface area contributed by atoms with Crippen LogP contribution in [0.2, 0.25) is 0 Å². The lowest BCUT2D eigenvalue weighted by Crippen LogP contribution is -2.28. The molecule has 0 aliphatic heterocycles. The molecular weight excluding hydrogens is 176 g/mol. The van der Waals surface area contributed by atoms with E-state index < -0.39 is 0 Å². The highest BCUT2D eigenvalue weighted by Gasteiger charge is 2.28. The molecule has 0 saturated carbocycles. The Morgan fingerprint density at radius 1 is 1.18 bits per heavy atom. The van der Waals surface area contributed by atoms with Gasteiger partial charge in [-0.15, -0.1) is 23.5 Å². The predicted molar refractivity (Wildman–Crippen MR) is 55.3 cm³/mol. The van der Waals surface area contributed by atoms with Crippen molar-refractivity contribution in [1.82, 2.24) is 0 Å². The minimum atomic E-state index is -0.198. The van der Waals surface area contributed by atoms with Gasteiger partial charge in [0, 0.05) is 5.41 Å². The van der Waals surface area contributed by atoms with Crippen LogP contribution in [0, 0.1) is 5.41 Å². The van der Waals surface area contributed by atoms with Gasteiger partial charge < -0.3 is 0 Å². The van der Waals surface area contributed by atoms with Crippen molar-refractivity contribution in [3.63, 3.8) is 0 Å². The van der Waals surface area contributed by atoms with Crippen LogP contribution in [0.3, 0.4) is 0 Å². The second-order valence-corrected chi connectivity index (χ2v) is 5.60. The number of Topliss-reactive ketones (excluding diaryl/α,β-unsaturated/α-hetero) is 1. The summed E-state index contributed by atoms with van der Waals surface area (Å²) >= 11 is 3.24. The Balaban J connectivity index is 4.22. The zero-order valence-electron chi connectivity index (χ0n) is 7.80. The van der Waals surface area contributed by atoms with Crippen LogP contribution in [0.1, 0.15) is 20.8 Å². The summed E-state index contributed by atoms with van der Waals surface area (Å²) < 4.78 is 0.106. The lowest BCUT2D eigenvalue weighted by atomic mass is 9.92. The molecule has 0 rings (SSSR count). The van der Waals surface area contributed by atoms with Gasteiger partial charge in [0.15, 0.2) is 5.78 Å². The molecule has 0 spiro atoms. The third kappa shape index (κ3) is 3.52. The summed E-state index contributed by atoms with van der Waals surface area (Å²) in [7, 11) is 0. The van der Waals surface area contributed by atoms with E-state index in [9.17, 15) is 4.79 Å². The van der Waals surface area contributed by atoms with Gasteiger partial charge in [0.1, 0.15) is 4.58 Å². The van der Waals surface area contributed by atoms with E-state index in [-0.39, 0.29) is 10.00 Å². The van der Waals surface area contributed by atoms with Gasteiger partial charge in [-0.1, -0.05) is 20.8 Å². The van der Waals surface area contributed by atoms with Gasteiger partial charge in [-0.25, -0.2) is 0 Å². The summed E-state index contributed by atoms with van der Waals surface area (Å²) in [6, 6.07) is 0. The van der Waals surface area contributed by atoms with E-state index in [4.69, 9.17) is 0 Å². The van der Waals surface area contributed by atoms with E-state index in [0.717, 1.165) is 0 Å². The quantitative estimate of drug-likeness (QED) is 0.640. The molecule has 0 fully saturated rings. The molecule has 0 amide bonds. The molecule has 0 aromatic carbocycles. The molecule has 0 atom stereocenters. The van der Waals surface area contributed by atoms with Crippen molar-refractivity contribution < 1.29 is 4.79 Å². The van der Waals surface area contributed by atoms with Gasteiger partial charge in [-0.3, -0.25) is 4.79 Å². The standard InChI is InChI=1S/C8H16OS2/c1-8(2,3)6(9)7(10-4)11-5/h7H,1-5H3. The summed E-state index contributed by atoms with van der Waals surface area (Å²) in [6.45, 7) is 5.90. The van der Waals surface area contributed by atoms with Crippen molar-refractivity contribution in [2.75, 3.05) is 12.5 Å². The van der Waals surface area contributed by atoms with E-state index in [2.05, 4.69) is 0 Å². The fraction of sp³-hybridized carbons (Fsp3) is 0.875. The Morgan fingerprint density at radius 3 is 1.64 bits per heavy atom. The molecule has 66 valence electrons. The third-order valence-corrected chi connectivity index (χ3v) is 3.82. The lowest BCUT2D eigenvalue weighted by molar-refractivity contribution is -0.124. The number of carbonyl (C=O) groups excluding carboxylic acids is 1. The second-order valence-electron chi connectivity index (χ2n) is 3.42. The molecule has 0 aromatic rings. The van der Waals surface area contributed by atoms with Crippen LogP contribution >= 0.6 is 23.5 Å². The zero-order chi connectivity index (χ0) is 9.07. The van der Waals surface area contributed by atoms with E-state index >= 15 is 0 Å². The summed E-state index contributed by atoms with van der Waals surface area (Å²) in [5.74, 6) is 0.331. The van der Waals surface area contributed by atoms with Gasteiger partial charge >= 0.3 is 0 Å². The summed E-state index contributed by atoms with van der Waals surface area (Å²) in [4.78, 5) is 11.6. The highest BCUT2D eigenvalue weighted by Crippen LogP contribution is 2.28. The van der Waals surface area contributed by atoms with E-state index in [1.54, 1.807) is 23.5 Å². The largest absolute Gasteiger partial charge is 0.297 e. The summed E-state index contributed by atoms with van der Waals surface area (Å²) in [6.07, 6.45) is 3.95. The highest BCUT2D eigenvalue weighted by molar-refractivity contribution is 8.17. The number of thioether (sulfide) groups is 2. The molecule has 0 saturated heterocycles. The monoisotopic (exact) mass is 192 g/mol. The Morgan fingerprint density at radius 2 is 1.55 bits per heavy atom. The maximum Gasteiger partial charge on any atom is 0.161 e. The molecule has 0 unspecified atom stereocenters. The molecule has 1 nitrogen and oxygen atoms in total. The Labute approximate surface area is 77.7 Å². The molecule has 0 aliphatic rings. The van der Waals surface area contributed by atoms with E-state index in [1.165, 1.54) is 0 Å². The number of hydrogen-bond donors (Lipinski definition) is 0. The minimum Gasteiger partial charge on any atom is -0.297 e. The fourth-order valence-corrected chi connectivity index (χ4v) is 2.57. The van der Waals surface area contributed by atoms with Crippen LogP contribution in [0.25, 0.3) is 0 Å². The third-order valence-electron chi connectivity index (χ3n) is 1.38. The van der Waals surface area contributed by atoms with Crippen LogP contribution < -0.4 is 0 Å². The molecule has 0 N–H and O–H groups in total. The second kappa shape index (κ2) is 4.41. The van der Waals surface area contributed by atoms with Crippen LogP contribution in [0.4, 0.5) is 0 Å². The van der Waals surface area contributed by atoms with Crippen molar-refractivity contribution in [2.24, 2.45) is 5.41 Å². The smallest absolute Gasteiger partial charge is 0.161 e. The summed E-state index contributed by atoms with van der Waals surface area (Å²) in [5, 5.41) is 0. The fourth-order valence-electron chi connectivity index (χ4n) is 0.664. The lowest BCUT2D eigenvalue weighted by Gasteiger charge is -2.21. The predicted octanol–water partition coefficient (Wildman–Crippen LogP) is 2.65. The molecule has 0 heterocycles. The first-order valence-corrected chi connectivity index (χ1v) is 6.11. The Kier molecular flexibility index (Phi) is 4.56. The van der Waals surface area contributed by atoms with Crippen LogP contribution in [-0.4, -0.2) is 22.9 Å². The number of rotatable bonds is 3. The minimum absolute atomic E-state index is 0.106. The first-order chi connectivity index (χ1) is 4.93. The number of ketones is 1. The molecule has 0 aromatic heterocycles. The maximum atomic E-state index is 11.6. The van der Waals surface area contributed by atoms with Gasteiger partial charge in [0.25, 0.3) is 0 Å². The molecular formula is C8H16OS2. The average molecular weight is 192 g/mol. The van der Waals surface area contributed by atoms with Crippen LogP contribution in [0.5, 0.6) is 0 Å². The van der Waals surface area contributed by atoms with Crippen LogP contribution in [0.15, 0.2) is 0 Å². The molecule has 0 bridgehead atoms. The molecule has 3 heteroatoms. The number of hydrogen-bond acceptors (Lipinski definition) is 3.